The molecule has 0 saturated carbocycles. The first-order valence-electron chi connectivity index (χ1n) is 17.0. The molecule has 0 spiro atoms. The van der Waals surface area contributed by atoms with Gasteiger partial charge in [0, 0.05) is 47.5 Å². The first-order valence-corrected chi connectivity index (χ1v) is 17.0. The van der Waals surface area contributed by atoms with Crippen LogP contribution < -0.4 is 5.32 Å². The molecule has 286 valence electrons. The standard InChI is InChI=1S/C34H55NO15/c1-6-13-30(40)35-31-33(47-18-11-9-16-44-26(3)37)32(48-23-21-41-20-22-46-28(5)39)29(24-42-14-7-8-15-43-25(2)36)50-34(31)49-19-12-10-17-45-27(4)38/h1,29,31-34H,7-24H2,2-5H3,(H,35,40). The lowest BCUT2D eigenvalue weighted by Gasteiger charge is -2.46. The van der Waals surface area contributed by atoms with Gasteiger partial charge in [0.05, 0.1) is 52.7 Å². The Hall–Kier alpha value is -3.33. The Morgan fingerprint density at radius 2 is 1.06 bits per heavy atom. The molecule has 0 aliphatic carbocycles. The predicted molar refractivity (Wildman–Crippen MR) is 175 cm³/mol. The smallest absolute Gasteiger partial charge is 0.302 e. The Labute approximate surface area is 294 Å². The SMILES string of the molecule is C#CCC(=O)NC1C(OCCCCOC(C)=O)OC(COCCCCOC(C)=O)C(OCCOCCOC(C)=O)C1OCCCCOC(C)=O. The van der Waals surface area contributed by atoms with Gasteiger partial charge in [0.1, 0.15) is 31.0 Å². The van der Waals surface area contributed by atoms with Gasteiger partial charge >= 0.3 is 23.9 Å². The highest BCUT2D eigenvalue weighted by Crippen LogP contribution is 2.28. The molecule has 1 heterocycles. The molecule has 1 amide bonds. The van der Waals surface area contributed by atoms with E-state index in [1.807, 2.05) is 0 Å². The molecule has 0 aromatic heterocycles. The first-order chi connectivity index (χ1) is 24.0. The maximum absolute atomic E-state index is 12.8. The minimum Gasteiger partial charge on any atom is -0.466 e. The summed E-state index contributed by atoms with van der Waals surface area (Å²) in [5, 5.41) is 2.90. The Bertz CT molecular complexity index is 1030. The van der Waals surface area contributed by atoms with Crippen LogP contribution in [-0.2, 0) is 71.3 Å². The van der Waals surface area contributed by atoms with Crippen molar-refractivity contribution < 1.29 is 71.3 Å². The number of carbonyl (C=O) groups excluding carboxylic acids is 5. The fourth-order valence-corrected chi connectivity index (χ4v) is 4.63. The molecule has 16 nitrogen and oxygen atoms in total. The summed E-state index contributed by atoms with van der Waals surface area (Å²) in [5.74, 6) is 0.378. The van der Waals surface area contributed by atoms with E-state index >= 15 is 0 Å². The summed E-state index contributed by atoms with van der Waals surface area (Å²) in [6.07, 6.45) is 5.32. The third-order valence-corrected chi connectivity index (χ3v) is 6.86. The van der Waals surface area contributed by atoms with E-state index in [1.54, 1.807) is 0 Å². The van der Waals surface area contributed by atoms with Crippen LogP contribution in [0.3, 0.4) is 0 Å². The summed E-state index contributed by atoms with van der Waals surface area (Å²) in [5.41, 5.74) is 0. The summed E-state index contributed by atoms with van der Waals surface area (Å²) in [4.78, 5) is 57.2. The van der Waals surface area contributed by atoms with Crippen molar-refractivity contribution in [1.29, 1.82) is 0 Å². The highest BCUT2D eigenvalue weighted by molar-refractivity contribution is 5.78. The van der Waals surface area contributed by atoms with E-state index in [4.69, 9.17) is 53.8 Å². The van der Waals surface area contributed by atoms with Gasteiger partial charge in [0.2, 0.25) is 5.91 Å². The van der Waals surface area contributed by atoms with Gasteiger partial charge in [-0.15, -0.1) is 6.42 Å². The normalized spacial score (nSPS) is 19.9. The van der Waals surface area contributed by atoms with E-state index in [0.29, 0.717) is 45.1 Å². The van der Waals surface area contributed by atoms with Crippen molar-refractivity contribution in [3.63, 3.8) is 0 Å². The van der Waals surface area contributed by atoms with Crippen LogP contribution in [0.15, 0.2) is 0 Å². The second-order valence-corrected chi connectivity index (χ2v) is 11.2. The predicted octanol–water partition coefficient (Wildman–Crippen LogP) is 1.63. The summed E-state index contributed by atoms with van der Waals surface area (Å²) >= 11 is 0. The van der Waals surface area contributed by atoms with Crippen molar-refractivity contribution in [2.45, 2.75) is 103 Å². The van der Waals surface area contributed by atoms with Gasteiger partial charge in [0.25, 0.3) is 0 Å². The van der Waals surface area contributed by atoms with Crippen LogP contribution in [0.5, 0.6) is 0 Å². The lowest BCUT2D eigenvalue weighted by Crippen LogP contribution is -2.66. The third-order valence-electron chi connectivity index (χ3n) is 6.86. The van der Waals surface area contributed by atoms with Crippen LogP contribution in [0.1, 0.15) is 72.6 Å². The van der Waals surface area contributed by atoms with Crippen molar-refractivity contribution in [2.24, 2.45) is 0 Å². The lowest BCUT2D eigenvalue weighted by atomic mass is 9.95. The summed E-state index contributed by atoms with van der Waals surface area (Å²) in [6, 6.07) is -0.854. The van der Waals surface area contributed by atoms with Crippen molar-refractivity contribution in [2.75, 3.05) is 72.7 Å². The largest absolute Gasteiger partial charge is 0.466 e. The molecule has 0 aromatic rings. The van der Waals surface area contributed by atoms with Gasteiger partial charge in [-0.3, -0.25) is 24.0 Å². The van der Waals surface area contributed by atoms with Crippen LogP contribution in [0.25, 0.3) is 0 Å². The molecule has 0 radical (unpaired) electrons. The van der Waals surface area contributed by atoms with Gasteiger partial charge in [-0.2, -0.15) is 0 Å². The number of nitrogens with one attached hydrogen (secondary N) is 1. The molecule has 0 aromatic carbocycles. The molecule has 1 aliphatic rings. The molecule has 1 rings (SSSR count). The Morgan fingerprint density at radius 1 is 0.580 bits per heavy atom. The van der Waals surface area contributed by atoms with E-state index < -0.39 is 42.5 Å². The second-order valence-electron chi connectivity index (χ2n) is 11.2. The van der Waals surface area contributed by atoms with Crippen LogP contribution >= 0.6 is 0 Å². The maximum Gasteiger partial charge on any atom is 0.302 e. The molecular formula is C34H55NO15. The molecule has 5 unspecified atom stereocenters. The van der Waals surface area contributed by atoms with Gasteiger partial charge in [-0.25, -0.2) is 0 Å². The first kappa shape index (κ1) is 44.7. The van der Waals surface area contributed by atoms with Crippen molar-refractivity contribution in [1.82, 2.24) is 5.32 Å². The van der Waals surface area contributed by atoms with E-state index in [-0.39, 0.29) is 90.4 Å². The molecule has 1 aliphatic heterocycles. The number of ether oxygens (including phenoxy) is 10. The minimum absolute atomic E-state index is 0.0786. The topological polar surface area (TPSA) is 190 Å². The molecular weight excluding hydrogens is 662 g/mol. The van der Waals surface area contributed by atoms with Crippen molar-refractivity contribution in [3.05, 3.63) is 0 Å². The van der Waals surface area contributed by atoms with E-state index in [9.17, 15) is 24.0 Å². The number of hydrogen-bond donors (Lipinski definition) is 1. The molecule has 50 heavy (non-hydrogen) atoms. The monoisotopic (exact) mass is 717 g/mol. The molecule has 16 heteroatoms. The van der Waals surface area contributed by atoms with E-state index in [0.717, 1.165) is 0 Å². The van der Waals surface area contributed by atoms with E-state index in [2.05, 4.69) is 11.2 Å². The highest BCUT2D eigenvalue weighted by atomic mass is 16.7. The Balaban J connectivity index is 3.15. The zero-order valence-electron chi connectivity index (χ0n) is 29.8. The van der Waals surface area contributed by atoms with Crippen molar-refractivity contribution in [3.8, 4) is 12.3 Å². The van der Waals surface area contributed by atoms with Gasteiger partial charge in [-0.1, -0.05) is 5.92 Å². The molecule has 0 bridgehead atoms. The third kappa shape index (κ3) is 22.4. The minimum atomic E-state index is -0.992. The van der Waals surface area contributed by atoms with Gasteiger partial charge < -0.3 is 52.7 Å². The summed E-state index contributed by atoms with van der Waals surface area (Å²) in [7, 11) is 0. The van der Waals surface area contributed by atoms with Gasteiger partial charge in [0.15, 0.2) is 6.29 Å². The Morgan fingerprint density at radius 3 is 1.62 bits per heavy atom. The second kappa shape index (κ2) is 28.4. The number of rotatable bonds is 28. The zero-order valence-corrected chi connectivity index (χ0v) is 29.8. The maximum atomic E-state index is 12.8. The van der Waals surface area contributed by atoms with E-state index in [1.165, 1.54) is 27.7 Å². The average molecular weight is 718 g/mol. The fourth-order valence-electron chi connectivity index (χ4n) is 4.63. The van der Waals surface area contributed by atoms with Crippen LogP contribution in [0.2, 0.25) is 0 Å². The van der Waals surface area contributed by atoms with Crippen molar-refractivity contribution >= 4 is 29.8 Å². The quantitative estimate of drug-likeness (QED) is 0.0532. The van der Waals surface area contributed by atoms with Gasteiger partial charge in [-0.05, 0) is 38.5 Å². The van der Waals surface area contributed by atoms with Crippen LogP contribution in [0, 0.1) is 12.3 Å². The number of terminal acetylenes is 1. The molecule has 1 N–H and O–H groups in total. The van der Waals surface area contributed by atoms with Crippen LogP contribution in [0.4, 0.5) is 0 Å². The number of amides is 1. The number of carbonyl (C=O) groups is 5. The lowest BCUT2D eigenvalue weighted by molar-refractivity contribution is -0.288. The highest BCUT2D eigenvalue weighted by Gasteiger charge is 2.48. The zero-order chi connectivity index (χ0) is 37.0. The number of unbranched alkanes of at least 4 members (excludes halogenated alkanes) is 3. The van der Waals surface area contributed by atoms with Crippen LogP contribution in [-0.4, -0.2) is 133 Å². The fraction of sp³-hybridized carbons (Fsp3) is 0.794. The molecule has 5 atom stereocenters. The molecule has 1 fully saturated rings. The average Bonchev–Trinajstić information content (AvgIpc) is 3.04. The Kier molecular flexibility index (Phi) is 25.4. The summed E-state index contributed by atoms with van der Waals surface area (Å²) < 4.78 is 56.6. The number of esters is 4. The number of hydrogen-bond acceptors (Lipinski definition) is 15. The molecule has 1 saturated heterocycles. The summed E-state index contributed by atoms with van der Waals surface area (Å²) in [6.45, 7) is 7.47.